The van der Waals surface area contributed by atoms with Gasteiger partial charge in [-0.3, -0.25) is 60.7 Å². The van der Waals surface area contributed by atoms with Crippen LogP contribution in [0.5, 0.6) is 11.5 Å². The van der Waals surface area contributed by atoms with E-state index in [1.807, 2.05) is 33.1 Å². The molecule has 0 aliphatic heterocycles. The molecule has 0 saturated heterocycles. The Labute approximate surface area is 233 Å². The van der Waals surface area contributed by atoms with E-state index in [4.69, 9.17) is 15.3 Å². The Morgan fingerprint density at radius 3 is 0.976 bits per heavy atom. The molecule has 0 heterocycles. The maximum Gasteiger partial charge on any atom is 0.324 e. The first-order valence-corrected chi connectivity index (χ1v) is 10.8. The summed E-state index contributed by atoms with van der Waals surface area (Å²) < 4.78 is 0. The summed E-state index contributed by atoms with van der Waals surface area (Å²) in [6.45, 7) is 1.13. The van der Waals surface area contributed by atoms with Crippen molar-refractivity contribution in [1.29, 1.82) is 0 Å². The zero-order valence-electron chi connectivity index (χ0n) is 22.1. The van der Waals surface area contributed by atoms with Crippen LogP contribution in [-0.4, -0.2) is 102 Å². The topological polar surface area (TPSA) is 326 Å². The third-order valence-corrected chi connectivity index (χ3v) is 4.83. The highest BCUT2D eigenvalue weighted by Gasteiger charge is 2.31. The molecular formula is C19H24N8O15. The van der Waals surface area contributed by atoms with E-state index in [2.05, 4.69) is 4.90 Å². The minimum atomic E-state index is -1.21. The Hall–Kier alpha value is -5.68. The fourth-order valence-electron chi connectivity index (χ4n) is 2.75. The minimum Gasteiger partial charge on any atom is -0.497 e. The molecule has 0 radical (unpaired) electrons. The molecule has 1 atom stereocenters. The van der Waals surface area contributed by atoms with Crippen molar-refractivity contribution in [1.82, 2.24) is 9.80 Å². The van der Waals surface area contributed by atoms with Crippen LogP contribution >= 0.6 is 0 Å². The van der Waals surface area contributed by atoms with Crippen LogP contribution in [0.4, 0.5) is 34.1 Å². The number of hydrogen-bond acceptors (Lipinski definition) is 17. The number of nitro groups is 6. The molecule has 0 bridgehead atoms. The average molecular weight is 604 g/mol. The van der Waals surface area contributed by atoms with Gasteiger partial charge in [-0.15, -0.1) is 0 Å². The molecule has 3 N–H and O–H groups in total. The molecule has 0 aromatic heterocycles. The average Bonchev–Trinajstić information content (AvgIpc) is 2.86. The van der Waals surface area contributed by atoms with Crippen LogP contribution in [0.15, 0.2) is 24.3 Å². The van der Waals surface area contributed by atoms with Crippen LogP contribution in [0.3, 0.4) is 0 Å². The Morgan fingerprint density at radius 2 is 0.857 bits per heavy atom. The summed E-state index contributed by atoms with van der Waals surface area (Å²) in [5.41, 5.74) is -6.00. The van der Waals surface area contributed by atoms with Crippen LogP contribution in [-0.2, 0) is 0 Å². The molecule has 0 amide bonds. The lowest BCUT2D eigenvalue weighted by molar-refractivity contribution is -0.404. The molecular weight excluding hydrogens is 580 g/mol. The second-order valence-corrected chi connectivity index (χ2v) is 8.27. The zero-order chi connectivity index (χ0) is 33.1. The van der Waals surface area contributed by atoms with Gasteiger partial charge in [0.2, 0.25) is 0 Å². The van der Waals surface area contributed by atoms with E-state index in [0.29, 0.717) is 24.3 Å². The smallest absolute Gasteiger partial charge is 0.324 e. The number of non-ortho nitro benzene ring substituents is 2. The molecule has 42 heavy (non-hydrogen) atoms. The lowest BCUT2D eigenvalue weighted by atomic mass is 10.2. The van der Waals surface area contributed by atoms with Gasteiger partial charge in [0.15, 0.2) is 0 Å². The van der Waals surface area contributed by atoms with Crippen molar-refractivity contribution < 1.29 is 44.9 Å². The summed E-state index contributed by atoms with van der Waals surface area (Å²) in [6, 6.07) is 2.05. The minimum absolute atomic E-state index is 0.227. The number of rotatable bonds is 10. The molecule has 1 unspecified atom stereocenters. The molecule has 0 spiro atoms. The van der Waals surface area contributed by atoms with Gasteiger partial charge in [-0.2, -0.15) is 0 Å². The highest BCUT2D eigenvalue weighted by Crippen LogP contribution is 2.40. The summed E-state index contributed by atoms with van der Waals surface area (Å²) in [5.74, 6) is -2.42. The molecule has 0 saturated carbocycles. The summed E-state index contributed by atoms with van der Waals surface area (Å²) in [7, 11) is 7.97. The molecule has 2 rings (SSSR count). The van der Waals surface area contributed by atoms with Crippen LogP contribution in [0.25, 0.3) is 0 Å². The SMILES string of the molecule is CN(C)CC(CO)N(C)C.O=[N+]([O-])c1cc([N+](=O)[O-])c(O)c([N+](=O)[O-])c1.O=[N+]([O-])c1cc([N+](=O)[O-])c(O)c([N+](=O)[O-])c1. The standard InChI is InChI=1S/C7H18N2O.2C6H3N3O7/c1-8(2)5-7(6-10)9(3)4;2*10-6-4(8(13)14)1-3(7(11)12)2-5(6)9(15)16/h7,10H,5-6H2,1-4H3;2*1-2,10H. The Bertz CT molecular complexity index is 1200. The van der Waals surface area contributed by atoms with E-state index < -0.39 is 75.2 Å². The Kier molecular flexibility index (Phi) is 13.7. The van der Waals surface area contributed by atoms with Gasteiger partial charge < -0.3 is 25.1 Å². The van der Waals surface area contributed by atoms with Gasteiger partial charge in [-0.25, -0.2) is 0 Å². The van der Waals surface area contributed by atoms with Crippen molar-refractivity contribution in [3.05, 3.63) is 85.0 Å². The summed E-state index contributed by atoms with van der Waals surface area (Å²) in [6.07, 6.45) is 0. The number of hydrogen-bond donors (Lipinski definition) is 3. The van der Waals surface area contributed by atoms with E-state index in [-0.39, 0.29) is 12.6 Å². The number of aliphatic hydroxyl groups is 1. The highest BCUT2D eigenvalue weighted by atomic mass is 16.7. The first-order valence-electron chi connectivity index (χ1n) is 10.8. The van der Waals surface area contributed by atoms with Crippen molar-refractivity contribution in [3.8, 4) is 11.5 Å². The molecule has 0 aliphatic carbocycles. The van der Waals surface area contributed by atoms with E-state index in [1.165, 1.54) is 0 Å². The number of phenols is 2. The van der Waals surface area contributed by atoms with Gasteiger partial charge in [-0.1, -0.05) is 0 Å². The number of aliphatic hydroxyl groups excluding tert-OH is 1. The van der Waals surface area contributed by atoms with E-state index >= 15 is 0 Å². The van der Waals surface area contributed by atoms with Crippen molar-refractivity contribution in [2.75, 3.05) is 41.3 Å². The summed E-state index contributed by atoms with van der Waals surface area (Å²) in [4.78, 5) is 59.6. The van der Waals surface area contributed by atoms with Gasteiger partial charge in [0.1, 0.15) is 0 Å². The number of nitrogens with zero attached hydrogens (tertiary/aromatic N) is 8. The highest BCUT2D eigenvalue weighted by molar-refractivity contribution is 5.65. The van der Waals surface area contributed by atoms with Crippen LogP contribution < -0.4 is 0 Å². The van der Waals surface area contributed by atoms with Crippen molar-refractivity contribution >= 4 is 34.1 Å². The Morgan fingerprint density at radius 1 is 0.595 bits per heavy atom. The number of aromatic hydroxyl groups is 2. The maximum absolute atomic E-state index is 10.4. The molecule has 23 heteroatoms. The van der Waals surface area contributed by atoms with E-state index in [1.54, 1.807) is 0 Å². The van der Waals surface area contributed by atoms with Crippen molar-refractivity contribution in [2.24, 2.45) is 0 Å². The third-order valence-electron chi connectivity index (χ3n) is 4.83. The number of benzene rings is 2. The van der Waals surface area contributed by atoms with Crippen molar-refractivity contribution in [3.63, 3.8) is 0 Å². The van der Waals surface area contributed by atoms with Gasteiger partial charge in [0, 0.05) is 12.6 Å². The van der Waals surface area contributed by atoms with Gasteiger partial charge >= 0.3 is 22.7 Å². The third kappa shape index (κ3) is 10.5. The lowest BCUT2D eigenvalue weighted by Crippen LogP contribution is -2.39. The van der Waals surface area contributed by atoms with Gasteiger partial charge in [-0.05, 0) is 28.2 Å². The number of likely N-dealkylation sites (N-methyl/N-ethyl adjacent to an activating group) is 2. The van der Waals surface area contributed by atoms with Crippen LogP contribution in [0.2, 0.25) is 0 Å². The zero-order valence-corrected chi connectivity index (χ0v) is 22.1. The second-order valence-electron chi connectivity index (χ2n) is 8.27. The van der Waals surface area contributed by atoms with Gasteiger partial charge in [0.05, 0.1) is 60.4 Å². The normalized spacial score (nSPS) is 10.9. The number of nitro benzene ring substituents is 6. The lowest BCUT2D eigenvalue weighted by Gasteiger charge is -2.24. The molecule has 2 aromatic rings. The molecule has 0 fully saturated rings. The monoisotopic (exact) mass is 604 g/mol. The van der Waals surface area contributed by atoms with Gasteiger partial charge in [0.25, 0.3) is 22.9 Å². The quantitative estimate of drug-likeness (QED) is 0.256. The molecule has 2 aromatic carbocycles. The fourth-order valence-corrected chi connectivity index (χ4v) is 2.75. The largest absolute Gasteiger partial charge is 0.497 e. The number of phenolic OH excluding ortho intramolecular Hbond substituents is 2. The summed E-state index contributed by atoms with van der Waals surface area (Å²) in [5, 5.41) is 89.3. The predicted octanol–water partition coefficient (Wildman–Crippen LogP) is 1.70. The van der Waals surface area contributed by atoms with E-state index in [0.717, 1.165) is 6.54 Å². The predicted molar refractivity (Wildman–Crippen MR) is 139 cm³/mol. The molecule has 0 aliphatic rings. The van der Waals surface area contributed by atoms with Crippen LogP contribution in [0, 0.1) is 60.7 Å². The molecule has 230 valence electrons. The fraction of sp³-hybridized carbons (Fsp3) is 0.368. The first-order chi connectivity index (χ1) is 19.3. The Balaban J connectivity index is 0.000000620. The van der Waals surface area contributed by atoms with E-state index in [9.17, 15) is 60.7 Å². The summed E-state index contributed by atoms with van der Waals surface area (Å²) >= 11 is 0. The van der Waals surface area contributed by atoms with Crippen LogP contribution in [0.1, 0.15) is 0 Å². The maximum atomic E-state index is 10.4. The van der Waals surface area contributed by atoms with Crippen molar-refractivity contribution in [2.45, 2.75) is 6.04 Å². The first kappa shape index (κ1) is 36.3. The second kappa shape index (κ2) is 15.8. The molecule has 23 nitrogen and oxygen atoms in total.